The van der Waals surface area contributed by atoms with Gasteiger partial charge in [-0.05, 0) is 62.4 Å². The van der Waals surface area contributed by atoms with E-state index in [4.69, 9.17) is 15.5 Å². The number of thiophene rings is 1. The van der Waals surface area contributed by atoms with Gasteiger partial charge in [-0.25, -0.2) is 27.7 Å². The topological polar surface area (TPSA) is 116 Å². The van der Waals surface area contributed by atoms with Crippen molar-refractivity contribution in [3.05, 3.63) is 41.5 Å². The molecular weight excluding hydrogens is 529 g/mol. The zero-order valence-electron chi connectivity index (χ0n) is 21.0. The van der Waals surface area contributed by atoms with Crippen molar-refractivity contribution >= 4 is 50.1 Å². The van der Waals surface area contributed by atoms with Crippen LogP contribution in [0.25, 0.3) is 21.6 Å². The first-order valence-electron chi connectivity index (χ1n) is 12.1. The maximum absolute atomic E-state index is 12.1. The molecule has 4 heterocycles. The van der Waals surface area contributed by atoms with Gasteiger partial charge >= 0.3 is 0 Å². The Morgan fingerprint density at radius 2 is 2.08 bits per heavy atom. The van der Waals surface area contributed by atoms with Crippen molar-refractivity contribution < 1.29 is 13.2 Å². The standard InChI is InChI=1S/C25H30N6O3S3/c1-16-6-9-20(35-16)19-8-7-18(34-2)13-21(19)36-25-29-22-23(26)27-15-28-24(22)31(25)12-10-17-5-4-11-30(14-17)37(3,32)33/h6-9,13,15,17H,4-5,10-12,14H2,1-3H3,(H2,26,27,28). The summed E-state index contributed by atoms with van der Waals surface area (Å²) in [6.45, 7) is 3.88. The number of rotatable bonds is 8. The first kappa shape index (κ1) is 26.0. The van der Waals surface area contributed by atoms with E-state index in [9.17, 15) is 8.42 Å². The first-order valence-corrected chi connectivity index (χ1v) is 15.6. The molecule has 0 bridgehead atoms. The second kappa shape index (κ2) is 10.6. The second-order valence-electron chi connectivity index (χ2n) is 9.27. The summed E-state index contributed by atoms with van der Waals surface area (Å²) in [6.07, 6.45) is 5.42. The molecule has 1 aromatic carbocycles. The van der Waals surface area contributed by atoms with E-state index in [1.807, 2.05) is 12.1 Å². The third-order valence-corrected chi connectivity index (χ3v) is 9.99. The first-order chi connectivity index (χ1) is 17.7. The van der Waals surface area contributed by atoms with Crippen LogP contribution in [0.15, 0.2) is 46.7 Å². The normalized spacial score (nSPS) is 16.9. The summed E-state index contributed by atoms with van der Waals surface area (Å²) in [4.78, 5) is 16.9. The quantitative estimate of drug-likeness (QED) is 0.332. The lowest BCUT2D eigenvalue weighted by molar-refractivity contribution is 0.249. The number of nitrogens with zero attached hydrogens (tertiary/aromatic N) is 5. The maximum atomic E-state index is 12.1. The number of nitrogen functional groups attached to an aromatic ring is 1. The fourth-order valence-corrected chi connectivity index (χ4v) is 7.68. The second-order valence-corrected chi connectivity index (χ2v) is 13.5. The Labute approximate surface area is 225 Å². The van der Waals surface area contributed by atoms with Crippen LogP contribution in [0.4, 0.5) is 5.82 Å². The number of ether oxygens (including phenoxy) is 1. The predicted octanol–water partition coefficient (Wildman–Crippen LogP) is 4.67. The van der Waals surface area contributed by atoms with E-state index >= 15 is 0 Å². The molecule has 1 atom stereocenters. The molecule has 3 aromatic heterocycles. The highest BCUT2D eigenvalue weighted by molar-refractivity contribution is 7.99. The molecule has 0 amide bonds. The number of imidazole rings is 1. The van der Waals surface area contributed by atoms with Gasteiger partial charge in [0.2, 0.25) is 10.0 Å². The van der Waals surface area contributed by atoms with Gasteiger partial charge < -0.3 is 15.0 Å². The Bertz CT molecular complexity index is 1530. The fraction of sp³-hybridized carbons (Fsp3) is 0.400. The van der Waals surface area contributed by atoms with Gasteiger partial charge in [0.25, 0.3) is 0 Å². The van der Waals surface area contributed by atoms with Crippen LogP contribution in [0.3, 0.4) is 0 Å². The molecule has 4 aromatic rings. The van der Waals surface area contributed by atoms with Crippen LogP contribution >= 0.6 is 23.1 Å². The largest absolute Gasteiger partial charge is 0.497 e. The third-order valence-electron chi connectivity index (χ3n) is 6.63. The van der Waals surface area contributed by atoms with Gasteiger partial charge in [0.15, 0.2) is 22.1 Å². The number of hydrogen-bond acceptors (Lipinski definition) is 9. The van der Waals surface area contributed by atoms with Crippen molar-refractivity contribution in [2.24, 2.45) is 5.92 Å². The van der Waals surface area contributed by atoms with Crippen molar-refractivity contribution in [2.75, 3.05) is 32.2 Å². The van der Waals surface area contributed by atoms with Gasteiger partial charge in [0.05, 0.1) is 13.4 Å². The third kappa shape index (κ3) is 5.62. The minimum absolute atomic E-state index is 0.263. The number of sulfonamides is 1. The van der Waals surface area contributed by atoms with Crippen molar-refractivity contribution in [3.63, 3.8) is 0 Å². The molecule has 37 heavy (non-hydrogen) atoms. The Hall–Kier alpha value is -2.67. The Morgan fingerprint density at radius 3 is 2.81 bits per heavy atom. The van der Waals surface area contributed by atoms with E-state index in [1.54, 1.807) is 34.5 Å². The summed E-state index contributed by atoms with van der Waals surface area (Å²) in [5, 5.41) is 0.765. The van der Waals surface area contributed by atoms with Gasteiger partial charge in [-0.3, -0.25) is 0 Å². The average Bonchev–Trinajstić information content (AvgIpc) is 3.46. The monoisotopic (exact) mass is 558 g/mol. The number of hydrogen-bond donors (Lipinski definition) is 1. The lowest BCUT2D eigenvalue weighted by Crippen LogP contribution is -2.39. The summed E-state index contributed by atoms with van der Waals surface area (Å²) in [5.74, 6) is 1.37. The van der Waals surface area contributed by atoms with E-state index < -0.39 is 10.0 Å². The summed E-state index contributed by atoms with van der Waals surface area (Å²) < 4.78 is 33.4. The number of nitrogens with two attached hydrogens (primary N) is 1. The molecule has 5 rings (SSSR count). The zero-order chi connectivity index (χ0) is 26.2. The van der Waals surface area contributed by atoms with Crippen LogP contribution in [-0.4, -0.2) is 58.7 Å². The van der Waals surface area contributed by atoms with Crippen LogP contribution in [0, 0.1) is 12.8 Å². The Balaban J connectivity index is 1.49. The number of benzene rings is 1. The summed E-state index contributed by atoms with van der Waals surface area (Å²) in [6, 6.07) is 10.3. The van der Waals surface area contributed by atoms with Gasteiger partial charge in [-0.1, -0.05) is 11.8 Å². The number of piperidine rings is 1. The minimum Gasteiger partial charge on any atom is -0.497 e. The van der Waals surface area contributed by atoms with E-state index in [2.05, 4.69) is 39.7 Å². The van der Waals surface area contributed by atoms with Crippen LogP contribution < -0.4 is 10.5 Å². The fourth-order valence-electron chi connectivity index (χ4n) is 4.68. The number of aryl methyl sites for hydroxylation is 2. The zero-order valence-corrected chi connectivity index (χ0v) is 23.5. The molecule has 0 aliphatic carbocycles. The molecule has 1 aliphatic rings. The van der Waals surface area contributed by atoms with Gasteiger partial charge in [0.1, 0.15) is 12.1 Å². The smallest absolute Gasteiger partial charge is 0.211 e. The molecule has 12 heteroatoms. The lowest BCUT2D eigenvalue weighted by atomic mass is 9.96. The molecule has 1 unspecified atom stereocenters. The molecule has 2 N–H and O–H groups in total. The van der Waals surface area contributed by atoms with Crippen LogP contribution in [-0.2, 0) is 16.6 Å². The van der Waals surface area contributed by atoms with Crippen molar-refractivity contribution in [3.8, 4) is 16.2 Å². The highest BCUT2D eigenvalue weighted by Gasteiger charge is 2.26. The van der Waals surface area contributed by atoms with Gasteiger partial charge in [0, 0.05) is 39.8 Å². The molecule has 0 saturated carbocycles. The summed E-state index contributed by atoms with van der Waals surface area (Å²) >= 11 is 3.29. The predicted molar refractivity (Wildman–Crippen MR) is 149 cm³/mol. The molecular formula is C25H30N6O3S3. The number of anilines is 1. The molecule has 196 valence electrons. The minimum atomic E-state index is -3.19. The van der Waals surface area contributed by atoms with E-state index in [0.29, 0.717) is 36.6 Å². The average molecular weight is 559 g/mol. The molecule has 1 aliphatic heterocycles. The number of methoxy groups -OCH3 is 1. The molecule has 0 radical (unpaired) electrons. The SMILES string of the molecule is COc1ccc(-c2ccc(C)s2)c(Sc2nc3c(N)ncnc3n2CCC2CCCN(S(C)(=O)=O)C2)c1. The Kier molecular flexibility index (Phi) is 7.44. The Morgan fingerprint density at radius 1 is 1.24 bits per heavy atom. The van der Waals surface area contributed by atoms with Crippen LogP contribution in [0.1, 0.15) is 24.1 Å². The highest BCUT2D eigenvalue weighted by atomic mass is 32.2. The lowest BCUT2D eigenvalue weighted by Gasteiger charge is -2.31. The summed E-state index contributed by atoms with van der Waals surface area (Å²) in [5.41, 5.74) is 8.54. The van der Waals surface area contributed by atoms with Crippen molar-refractivity contribution in [1.29, 1.82) is 0 Å². The van der Waals surface area contributed by atoms with E-state index in [-0.39, 0.29) is 5.92 Å². The number of fused-ring (bicyclic) bond motifs is 1. The highest BCUT2D eigenvalue weighted by Crippen LogP contribution is 2.41. The van der Waals surface area contributed by atoms with Crippen molar-refractivity contribution in [1.82, 2.24) is 23.8 Å². The van der Waals surface area contributed by atoms with Crippen molar-refractivity contribution in [2.45, 2.75) is 42.8 Å². The van der Waals surface area contributed by atoms with Crippen LogP contribution in [0.5, 0.6) is 5.75 Å². The number of aromatic nitrogens is 4. The van der Waals surface area contributed by atoms with Crippen LogP contribution in [0.2, 0.25) is 0 Å². The van der Waals surface area contributed by atoms with Gasteiger partial charge in [-0.2, -0.15) is 0 Å². The van der Waals surface area contributed by atoms with E-state index in [1.165, 1.54) is 22.3 Å². The van der Waals surface area contributed by atoms with Gasteiger partial charge in [-0.15, -0.1) is 11.3 Å². The summed E-state index contributed by atoms with van der Waals surface area (Å²) in [7, 11) is -1.53. The molecule has 1 saturated heterocycles. The molecule has 9 nitrogen and oxygen atoms in total. The molecule has 0 spiro atoms. The molecule has 1 fully saturated rings. The van der Waals surface area contributed by atoms with E-state index in [0.717, 1.165) is 40.6 Å². The maximum Gasteiger partial charge on any atom is 0.211 e.